The highest BCUT2D eigenvalue weighted by Gasteiger charge is 2.18. The topological polar surface area (TPSA) is 87.6 Å². The molecule has 1 aromatic carbocycles. The van der Waals surface area contributed by atoms with Crippen molar-refractivity contribution in [1.82, 2.24) is 4.72 Å². The molecule has 1 aliphatic rings. The maximum atomic E-state index is 12.3. The number of rotatable bonds is 6. The van der Waals surface area contributed by atoms with Gasteiger partial charge in [-0.25, -0.2) is 8.42 Å². The number of carbonyl (C=O) groups is 1. The number of amides is 1. The Kier molecular flexibility index (Phi) is 5.54. The van der Waals surface area contributed by atoms with Crippen molar-refractivity contribution in [3.8, 4) is 0 Å². The van der Waals surface area contributed by atoms with Crippen molar-refractivity contribution in [3.63, 3.8) is 0 Å². The minimum absolute atomic E-state index is 0.107. The third-order valence-corrected chi connectivity index (χ3v) is 4.69. The summed E-state index contributed by atoms with van der Waals surface area (Å²) >= 11 is 0. The number of benzene rings is 1. The van der Waals surface area contributed by atoms with E-state index >= 15 is 0 Å². The van der Waals surface area contributed by atoms with Gasteiger partial charge in [-0.3, -0.25) is 14.5 Å². The van der Waals surface area contributed by atoms with Gasteiger partial charge in [-0.1, -0.05) is 19.4 Å². The van der Waals surface area contributed by atoms with Crippen LogP contribution in [0, 0.1) is 0 Å². The summed E-state index contributed by atoms with van der Waals surface area (Å²) in [4.78, 5) is 15.9. The number of anilines is 1. The van der Waals surface area contributed by atoms with E-state index in [0.717, 1.165) is 19.3 Å². The summed E-state index contributed by atoms with van der Waals surface area (Å²) in [5.74, 6) is 0.391. The van der Waals surface area contributed by atoms with Gasteiger partial charge in [-0.15, -0.1) is 0 Å². The number of hydrogen-bond donors (Lipinski definition) is 2. The zero-order chi connectivity index (χ0) is 16.0. The molecule has 0 aromatic heterocycles. The van der Waals surface area contributed by atoms with Crippen molar-refractivity contribution in [2.45, 2.75) is 43.9 Å². The van der Waals surface area contributed by atoms with Crippen LogP contribution in [0.4, 0.5) is 5.69 Å². The summed E-state index contributed by atoms with van der Waals surface area (Å²) in [6, 6.07) is 6.25. The molecule has 0 unspecified atom stereocenters. The molecule has 1 aromatic rings. The summed E-state index contributed by atoms with van der Waals surface area (Å²) in [7, 11) is -3.65. The lowest BCUT2D eigenvalue weighted by Gasteiger charge is -2.10. The van der Waals surface area contributed by atoms with Crippen LogP contribution in [-0.2, 0) is 14.8 Å². The number of aliphatic imine (C=N–C) groups is 1. The Morgan fingerprint density at radius 1 is 1.36 bits per heavy atom. The molecule has 0 bridgehead atoms. The molecule has 0 aliphatic carbocycles. The molecule has 6 nitrogen and oxygen atoms in total. The lowest BCUT2D eigenvalue weighted by molar-refractivity contribution is -0.116. The largest absolute Gasteiger partial charge is 0.326 e. The molecule has 2 N–H and O–H groups in total. The van der Waals surface area contributed by atoms with Crippen molar-refractivity contribution >= 4 is 27.5 Å². The van der Waals surface area contributed by atoms with Crippen molar-refractivity contribution < 1.29 is 13.2 Å². The van der Waals surface area contributed by atoms with E-state index in [4.69, 9.17) is 0 Å². The van der Waals surface area contributed by atoms with Gasteiger partial charge in [0.25, 0.3) is 10.0 Å². The Morgan fingerprint density at radius 2 is 2.18 bits per heavy atom. The van der Waals surface area contributed by atoms with Gasteiger partial charge in [-0.05, 0) is 31.0 Å². The molecule has 0 spiro atoms. The van der Waals surface area contributed by atoms with Gasteiger partial charge in [0.1, 0.15) is 5.84 Å². The van der Waals surface area contributed by atoms with E-state index in [0.29, 0.717) is 30.9 Å². The quantitative estimate of drug-likeness (QED) is 0.842. The first-order valence-electron chi connectivity index (χ1n) is 7.47. The van der Waals surface area contributed by atoms with Crippen LogP contribution >= 0.6 is 0 Å². The molecule has 120 valence electrons. The van der Waals surface area contributed by atoms with Crippen LogP contribution in [0.3, 0.4) is 0 Å². The van der Waals surface area contributed by atoms with Crippen LogP contribution < -0.4 is 10.0 Å². The number of amidine groups is 1. The van der Waals surface area contributed by atoms with Gasteiger partial charge in [0, 0.05) is 25.1 Å². The third kappa shape index (κ3) is 4.56. The molecule has 1 amide bonds. The van der Waals surface area contributed by atoms with E-state index in [-0.39, 0.29) is 10.8 Å². The normalized spacial score (nSPS) is 14.5. The number of carbonyl (C=O) groups excluding carboxylic acids is 1. The fraction of sp³-hybridized carbons (Fsp3) is 0.467. The molecule has 0 saturated carbocycles. The fourth-order valence-corrected chi connectivity index (χ4v) is 3.27. The molecule has 2 rings (SSSR count). The molecule has 1 aliphatic heterocycles. The van der Waals surface area contributed by atoms with E-state index in [1.165, 1.54) is 12.1 Å². The van der Waals surface area contributed by atoms with Crippen LogP contribution in [0.5, 0.6) is 0 Å². The molecule has 0 saturated heterocycles. The summed E-state index contributed by atoms with van der Waals surface area (Å²) in [6.07, 6.45) is 3.69. The first-order chi connectivity index (χ1) is 10.5. The highest BCUT2D eigenvalue weighted by atomic mass is 32.2. The highest BCUT2D eigenvalue weighted by molar-refractivity contribution is 7.90. The summed E-state index contributed by atoms with van der Waals surface area (Å²) < 4.78 is 27.1. The van der Waals surface area contributed by atoms with E-state index in [9.17, 15) is 13.2 Å². The van der Waals surface area contributed by atoms with Crippen molar-refractivity contribution in [2.24, 2.45) is 4.99 Å². The average Bonchev–Trinajstić information content (AvgIpc) is 2.97. The van der Waals surface area contributed by atoms with E-state index in [1.807, 2.05) is 6.92 Å². The van der Waals surface area contributed by atoms with Crippen LogP contribution in [0.25, 0.3) is 0 Å². The third-order valence-electron chi connectivity index (χ3n) is 3.31. The number of nitrogens with zero attached hydrogens (tertiary/aromatic N) is 1. The summed E-state index contributed by atoms with van der Waals surface area (Å²) in [5.41, 5.74) is 0.484. The molecule has 22 heavy (non-hydrogen) atoms. The van der Waals surface area contributed by atoms with Crippen LogP contribution in [0.2, 0.25) is 0 Å². The van der Waals surface area contributed by atoms with E-state index < -0.39 is 10.0 Å². The minimum atomic E-state index is -3.65. The van der Waals surface area contributed by atoms with Crippen molar-refractivity contribution in [2.75, 3.05) is 11.9 Å². The summed E-state index contributed by atoms with van der Waals surface area (Å²) in [5, 5.41) is 2.72. The molecule has 0 fully saturated rings. The van der Waals surface area contributed by atoms with Crippen LogP contribution in [0.1, 0.15) is 39.0 Å². The fourth-order valence-electron chi connectivity index (χ4n) is 2.14. The zero-order valence-corrected chi connectivity index (χ0v) is 13.4. The monoisotopic (exact) mass is 323 g/mol. The number of unbranched alkanes of at least 4 members (excludes halogenated alkanes) is 1. The van der Waals surface area contributed by atoms with Gasteiger partial charge < -0.3 is 5.32 Å². The van der Waals surface area contributed by atoms with Crippen LogP contribution in [0.15, 0.2) is 34.2 Å². The maximum Gasteiger partial charge on any atom is 0.262 e. The second-order valence-corrected chi connectivity index (χ2v) is 6.90. The predicted octanol–water partition coefficient (Wildman–Crippen LogP) is 2.29. The SMILES string of the molecule is CCCCC(=O)Nc1cccc(S(=O)(=O)NC2=NCCC2)c1. The lowest BCUT2D eigenvalue weighted by Crippen LogP contribution is -2.29. The average molecular weight is 323 g/mol. The molecule has 0 atom stereocenters. The zero-order valence-electron chi connectivity index (χ0n) is 12.6. The van der Waals surface area contributed by atoms with Crippen LogP contribution in [-0.4, -0.2) is 26.7 Å². The van der Waals surface area contributed by atoms with Crippen molar-refractivity contribution in [1.29, 1.82) is 0 Å². The van der Waals surface area contributed by atoms with Gasteiger partial charge in [-0.2, -0.15) is 0 Å². The van der Waals surface area contributed by atoms with Crippen molar-refractivity contribution in [3.05, 3.63) is 24.3 Å². The van der Waals surface area contributed by atoms with Gasteiger partial charge in [0.15, 0.2) is 0 Å². The van der Waals surface area contributed by atoms with E-state index in [1.54, 1.807) is 12.1 Å². The van der Waals surface area contributed by atoms with Gasteiger partial charge in [0.05, 0.1) is 4.90 Å². The second kappa shape index (κ2) is 7.40. The Labute approximate surface area is 131 Å². The minimum Gasteiger partial charge on any atom is -0.326 e. The number of nitrogens with one attached hydrogen (secondary N) is 2. The molecule has 0 radical (unpaired) electrons. The Morgan fingerprint density at radius 3 is 2.86 bits per heavy atom. The highest BCUT2D eigenvalue weighted by Crippen LogP contribution is 2.17. The van der Waals surface area contributed by atoms with Gasteiger partial charge >= 0.3 is 0 Å². The second-order valence-electron chi connectivity index (χ2n) is 5.22. The predicted molar refractivity (Wildman–Crippen MR) is 86.5 cm³/mol. The molecule has 7 heteroatoms. The molecule has 1 heterocycles. The standard InChI is InChI=1S/C15H21N3O3S/c1-2-3-9-15(19)17-12-6-4-7-13(11-12)22(20,21)18-14-8-5-10-16-14/h4,6-7,11H,2-3,5,8-10H2,1H3,(H,16,18)(H,17,19). The first kappa shape index (κ1) is 16.5. The Bertz CT molecular complexity index is 668. The maximum absolute atomic E-state index is 12.3. The smallest absolute Gasteiger partial charge is 0.262 e. The molecular weight excluding hydrogens is 302 g/mol. The lowest BCUT2D eigenvalue weighted by atomic mass is 10.2. The number of sulfonamides is 1. The van der Waals surface area contributed by atoms with E-state index in [2.05, 4.69) is 15.0 Å². The Hall–Kier alpha value is -1.89. The summed E-state index contributed by atoms with van der Waals surface area (Å²) in [6.45, 7) is 2.67. The van der Waals surface area contributed by atoms with Gasteiger partial charge in [0.2, 0.25) is 5.91 Å². The Balaban J connectivity index is 2.08. The number of hydrogen-bond acceptors (Lipinski definition) is 4. The first-order valence-corrected chi connectivity index (χ1v) is 8.95. The molecular formula is C15H21N3O3S.